The Morgan fingerprint density at radius 2 is 1.64 bits per heavy atom. The number of alkyl halides is 1. The second-order valence-electron chi connectivity index (χ2n) is 1.90. The molecule has 0 heterocycles. The zero-order chi connectivity index (χ0) is 8.59. The van der Waals surface area contributed by atoms with Crippen LogP contribution >= 0.6 is 0 Å². The zero-order valence-corrected chi connectivity index (χ0v) is 5.04. The van der Waals surface area contributed by atoms with Crippen molar-refractivity contribution in [1.82, 2.24) is 0 Å². The fourth-order valence-corrected chi connectivity index (χ4v) is 0.604. The van der Waals surface area contributed by atoms with Gasteiger partial charge in [-0.15, -0.1) is 0 Å². The summed E-state index contributed by atoms with van der Waals surface area (Å²) in [5.74, 6) is -5.75. The van der Waals surface area contributed by atoms with E-state index in [-0.39, 0.29) is 6.08 Å². The largest absolute Gasteiger partial charge is 0.235 e. The SMILES string of the molecule is F[C]1C=C(F)C(F)=C(F)C1F. The molecule has 0 nitrogen and oxygen atoms in total. The molecule has 0 aliphatic heterocycles. The monoisotopic (exact) mass is 169 g/mol. The zero-order valence-electron chi connectivity index (χ0n) is 5.04. The van der Waals surface area contributed by atoms with Crippen molar-refractivity contribution in [3.8, 4) is 0 Å². The van der Waals surface area contributed by atoms with Crippen molar-refractivity contribution >= 4 is 0 Å². The molecule has 0 amide bonds. The Balaban J connectivity index is 3.02. The maximum absolute atomic E-state index is 12.1. The molecule has 5 heteroatoms. The Kier molecular flexibility index (Phi) is 1.97. The molecule has 0 aromatic rings. The van der Waals surface area contributed by atoms with Gasteiger partial charge in [-0.1, -0.05) is 0 Å². The van der Waals surface area contributed by atoms with Crippen molar-refractivity contribution in [2.45, 2.75) is 6.17 Å². The summed E-state index contributed by atoms with van der Waals surface area (Å²) in [4.78, 5) is 0. The van der Waals surface area contributed by atoms with Gasteiger partial charge in [-0.2, -0.15) is 0 Å². The van der Waals surface area contributed by atoms with Crippen molar-refractivity contribution < 1.29 is 22.0 Å². The van der Waals surface area contributed by atoms with Gasteiger partial charge in [0.2, 0.25) is 6.17 Å². The lowest BCUT2D eigenvalue weighted by Gasteiger charge is -2.11. The molecule has 1 aliphatic carbocycles. The van der Waals surface area contributed by atoms with Crippen LogP contribution in [0.5, 0.6) is 0 Å². The predicted octanol–water partition coefficient (Wildman–Crippen LogP) is 2.84. The van der Waals surface area contributed by atoms with Crippen LogP contribution < -0.4 is 0 Å². The number of halogens is 5. The summed E-state index contributed by atoms with van der Waals surface area (Å²) in [5, 5.41) is 0. The van der Waals surface area contributed by atoms with E-state index >= 15 is 0 Å². The topological polar surface area (TPSA) is 0 Å². The number of hydrogen-bond acceptors (Lipinski definition) is 0. The van der Waals surface area contributed by atoms with Crippen molar-refractivity contribution in [3.05, 3.63) is 29.7 Å². The van der Waals surface area contributed by atoms with E-state index in [0.29, 0.717) is 0 Å². The molecule has 0 saturated carbocycles. The first-order valence-electron chi connectivity index (χ1n) is 2.63. The molecule has 0 aromatic heterocycles. The van der Waals surface area contributed by atoms with Gasteiger partial charge in [-0.25, -0.2) is 22.0 Å². The molecule has 0 aromatic carbocycles. The van der Waals surface area contributed by atoms with Crippen molar-refractivity contribution in [2.24, 2.45) is 0 Å². The van der Waals surface area contributed by atoms with E-state index in [1.165, 1.54) is 0 Å². The Hall–Kier alpha value is -0.870. The molecule has 1 rings (SSSR count). The van der Waals surface area contributed by atoms with Crippen LogP contribution in [-0.2, 0) is 0 Å². The van der Waals surface area contributed by atoms with Gasteiger partial charge in [0, 0.05) is 0 Å². The third-order valence-corrected chi connectivity index (χ3v) is 1.15. The number of allylic oxidation sites excluding steroid dienone is 4. The van der Waals surface area contributed by atoms with E-state index in [1.807, 2.05) is 0 Å². The molecule has 0 N–H and O–H groups in total. The number of hydrogen-bond donors (Lipinski definition) is 0. The highest BCUT2D eigenvalue weighted by atomic mass is 19.2. The summed E-state index contributed by atoms with van der Waals surface area (Å²) in [7, 11) is 0. The summed E-state index contributed by atoms with van der Waals surface area (Å²) in [6, 6.07) is 0. The lowest BCUT2D eigenvalue weighted by molar-refractivity contribution is 0.260. The van der Waals surface area contributed by atoms with Crippen LogP contribution in [0.3, 0.4) is 0 Å². The summed E-state index contributed by atoms with van der Waals surface area (Å²) in [5.41, 5.74) is 0. The molecule has 0 bridgehead atoms. The van der Waals surface area contributed by atoms with Crippen molar-refractivity contribution in [2.75, 3.05) is 0 Å². The molecule has 1 radical (unpaired) electrons. The first-order valence-corrected chi connectivity index (χ1v) is 2.63. The van der Waals surface area contributed by atoms with Gasteiger partial charge in [-0.3, -0.25) is 0 Å². The Morgan fingerprint density at radius 1 is 1.09 bits per heavy atom. The second kappa shape index (κ2) is 2.64. The van der Waals surface area contributed by atoms with Crippen LogP contribution in [0.2, 0.25) is 0 Å². The maximum Gasteiger partial charge on any atom is 0.210 e. The van der Waals surface area contributed by atoms with Crippen LogP contribution in [-0.4, -0.2) is 6.17 Å². The van der Waals surface area contributed by atoms with Gasteiger partial charge >= 0.3 is 0 Å². The minimum Gasteiger partial charge on any atom is -0.235 e. The fourth-order valence-electron chi connectivity index (χ4n) is 0.604. The van der Waals surface area contributed by atoms with Gasteiger partial charge in [-0.05, 0) is 6.08 Å². The molecule has 0 fully saturated rings. The quantitative estimate of drug-likeness (QED) is 0.489. The van der Waals surface area contributed by atoms with Gasteiger partial charge < -0.3 is 0 Å². The fraction of sp³-hybridized carbons (Fsp3) is 0.167. The maximum atomic E-state index is 12.1. The smallest absolute Gasteiger partial charge is 0.210 e. The summed E-state index contributed by atoms with van der Waals surface area (Å²) in [6.45, 7) is 0. The Morgan fingerprint density at radius 3 is 2.18 bits per heavy atom. The second-order valence-corrected chi connectivity index (χ2v) is 1.90. The molecule has 1 unspecified atom stereocenters. The van der Waals surface area contributed by atoms with Crippen LogP contribution in [0.25, 0.3) is 0 Å². The van der Waals surface area contributed by atoms with Gasteiger partial charge in [0.25, 0.3) is 0 Å². The first-order chi connectivity index (χ1) is 5.04. The molecular weight excluding hydrogens is 167 g/mol. The molecule has 61 valence electrons. The standard InChI is InChI=1S/C6H2F5/c7-2-1-3(8)5(10)6(11)4(2)9/h1,4H. The highest BCUT2D eigenvalue weighted by Crippen LogP contribution is 2.35. The van der Waals surface area contributed by atoms with Crippen LogP contribution in [0, 0.1) is 6.17 Å². The first kappa shape index (κ1) is 8.23. The van der Waals surface area contributed by atoms with Gasteiger partial charge in [0.05, 0.1) is 0 Å². The average Bonchev–Trinajstić information content (AvgIpc) is 1.97. The molecule has 0 saturated heterocycles. The van der Waals surface area contributed by atoms with E-state index in [2.05, 4.69) is 0 Å². The molecular formula is C6H2F5. The molecule has 1 aliphatic rings. The van der Waals surface area contributed by atoms with Crippen LogP contribution in [0.1, 0.15) is 0 Å². The van der Waals surface area contributed by atoms with E-state index in [0.717, 1.165) is 0 Å². The minimum absolute atomic E-state index is 0.0247. The normalized spacial score (nSPS) is 27.4. The molecule has 0 spiro atoms. The highest BCUT2D eigenvalue weighted by molar-refractivity contribution is 5.36. The van der Waals surface area contributed by atoms with Crippen molar-refractivity contribution in [1.29, 1.82) is 0 Å². The predicted molar refractivity (Wildman–Crippen MR) is 27.7 cm³/mol. The summed E-state index contributed by atoms with van der Waals surface area (Å²) in [6.07, 6.45) is -4.49. The lowest BCUT2D eigenvalue weighted by Crippen LogP contribution is -2.13. The van der Waals surface area contributed by atoms with Crippen LogP contribution in [0.4, 0.5) is 22.0 Å². The summed E-state index contributed by atoms with van der Waals surface area (Å²) >= 11 is 0. The highest BCUT2D eigenvalue weighted by Gasteiger charge is 2.34. The van der Waals surface area contributed by atoms with E-state index in [9.17, 15) is 22.0 Å². The van der Waals surface area contributed by atoms with E-state index in [4.69, 9.17) is 0 Å². The van der Waals surface area contributed by atoms with E-state index < -0.39 is 29.8 Å². The Bertz CT molecular complexity index is 229. The van der Waals surface area contributed by atoms with Crippen LogP contribution in [0.15, 0.2) is 23.6 Å². The third kappa shape index (κ3) is 1.27. The van der Waals surface area contributed by atoms with Gasteiger partial charge in [0.1, 0.15) is 0 Å². The van der Waals surface area contributed by atoms with E-state index in [1.54, 1.807) is 0 Å². The molecule has 11 heavy (non-hydrogen) atoms. The van der Waals surface area contributed by atoms with Crippen molar-refractivity contribution in [3.63, 3.8) is 0 Å². The summed E-state index contributed by atoms with van der Waals surface area (Å²) < 4.78 is 60.2. The molecule has 1 atom stereocenters. The minimum atomic E-state index is -2.80. The third-order valence-electron chi connectivity index (χ3n) is 1.15. The van der Waals surface area contributed by atoms with Gasteiger partial charge in [0.15, 0.2) is 23.7 Å². The Labute approximate surface area is 59.0 Å². The lowest BCUT2D eigenvalue weighted by atomic mass is 10.1. The average molecular weight is 169 g/mol. The number of rotatable bonds is 0.